The molecule has 0 bridgehead atoms. The Morgan fingerprint density at radius 3 is 2.72 bits per heavy atom. The normalized spacial score (nSPS) is 10.7. The predicted octanol–water partition coefficient (Wildman–Crippen LogP) is 3.43. The van der Waals surface area contributed by atoms with Crippen LogP contribution in [0.15, 0.2) is 16.7 Å². The van der Waals surface area contributed by atoms with Crippen molar-refractivity contribution in [3.63, 3.8) is 0 Å². The summed E-state index contributed by atoms with van der Waals surface area (Å²) in [5.41, 5.74) is 0.716. The fourth-order valence-electron chi connectivity index (χ4n) is 1.92. The molecule has 4 heteroatoms. The summed E-state index contributed by atoms with van der Waals surface area (Å²) < 4.78 is 4.91. The van der Waals surface area contributed by atoms with Gasteiger partial charge in [-0.15, -0.1) is 0 Å². The van der Waals surface area contributed by atoms with Gasteiger partial charge in [0.2, 0.25) is 5.76 Å². The fraction of sp³-hybridized carbons (Fsp3) is 0.643. The first-order valence-corrected chi connectivity index (χ1v) is 6.76. The van der Waals surface area contributed by atoms with Crippen molar-refractivity contribution in [1.29, 1.82) is 0 Å². The maximum Gasteiger partial charge on any atom is 0.372 e. The number of hydrogen-bond acceptors (Lipinski definition) is 3. The topological polar surface area (TPSA) is 62.5 Å². The first-order chi connectivity index (χ1) is 8.75. The zero-order chi connectivity index (χ0) is 13.2. The summed E-state index contributed by atoms with van der Waals surface area (Å²) >= 11 is 0. The highest BCUT2D eigenvalue weighted by Crippen LogP contribution is 2.10. The minimum atomic E-state index is -1.00. The molecule has 0 amide bonds. The van der Waals surface area contributed by atoms with Crippen LogP contribution in [-0.4, -0.2) is 17.6 Å². The summed E-state index contributed by atoms with van der Waals surface area (Å²) in [4.78, 5) is 10.8. The van der Waals surface area contributed by atoms with Crippen molar-refractivity contribution in [2.75, 3.05) is 6.54 Å². The quantitative estimate of drug-likeness (QED) is 0.627. The summed E-state index contributed by atoms with van der Waals surface area (Å²) in [5, 5.41) is 12.1. The van der Waals surface area contributed by atoms with Gasteiger partial charge in [-0.25, -0.2) is 4.79 Å². The van der Waals surface area contributed by atoms with Crippen LogP contribution >= 0.6 is 0 Å². The molecule has 0 unspecified atom stereocenters. The second-order valence-electron chi connectivity index (χ2n) is 4.52. The van der Waals surface area contributed by atoms with Crippen molar-refractivity contribution in [2.24, 2.45) is 0 Å². The van der Waals surface area contributed by atoms with Crippen LogP contribution in [0.5, 0.6) is 0 Å². The van der Waals surface area contributed by atoms with Crippen molar-refractivity contribution in [3.05, 3.63) is 23.7 Å². The van der Waals surface area contributed by atoms with Gasteiger partial charge in [0, 0.05) is 12.1 Å². The van der Waals surface area contributed by atoms with Gasteiger partial charge in [0.15, 0.2) is 0 Å². The Labute approximate surface area is 108 Å². The van der Waals surface area contributed by atoms with Crippen LogP contribution in [0.4, 0.5) is 0 Å². The van der Waals surface area contributed by atoms with Crippen LogP contribution in [0, 0.1) is 0 Å². The van der Waals surface area contributed by atoms with Crippen LogP contribution in [0.3, 0.4) is 0 Å². The van der Waals surface area contributed by atoms with Gasteiger partial charge in [0.1, 0.15) is 0 Å². The monoisotopic (exact) mass is 253 g/mol. The first-order valence-electron chi connectivity index (χ1n) is 6.76. The molecule has 1 aromatic heterocycles. The summed E-state index contributed by atoms with van der Waals surface area (Å²) in [5.74, 6) is -0.957. The van der Waals surface area contributed by atoms with E-state index in [9.17, 15) is 4.79 Å². The van der Waals surface area contributed by atoms with Crippen molar-refractivity contribution in [1.82, 2.24) is 5.32 Å². The highest BCUT2D eigenvalue weighted by molar-refractivity contribution is 5.86. The minimum Gasteiger partial charge on any atom is -0.475 e. The van der Waals surface area contributed by atoms with Gasteiger partial charge < -0.3 is 14.8 Å². The molecule has 1 heterocycles. The Morgan fingerprint density at radius 2 is 2.00 bits per heavy atom. The summed E-state index contributed by atoms with van der Waals surface area (Å²) in [6, 6.07) is 1.71. The molecule has 0 radical (unpaired) electrons. The molecule has 0 saturated carbocycles. The van der Waals surface area contributed by atoms with E-state index in [1.807, 2.05) is 0 Å². The molecule has 0 aliphatic heterocycles. The maximum absolute atomic E-state index is 10.8. The molecule has 2 N–H and O–H groups in total. The average Bonchev–Trinajstić information content (AvgIpc) is 2.81. The van der Waals surface area contributed by atoms with Crippen molar-refractivity contribution < 1.29 is 14.3 Å². The number of furan rings is 1. The van der Waals surface area contributed by atoms with Gasteiger partial charge in [-0.1, -0.05) is 39.0 Å². The Kier molecular flexibility index (Phi) is 7.18. The molecule has 4 nitrogen and oxygen atoms in total. The number of carboxylic acid groups (broad SMARTS) is 1. The van der Waals surface area contributed by atoms with Crippen molar-refractivity contribution in [3.8, 4) is 0 Å². The Hall–Kier alpha value is -1.29. The number of rotatable bonds is 10. The zero-order valence-corrected chi connectivity index (χ0v) is 11.1. The van der Waals surface area contributed by atoms with E-state index in [1.165, 1.54) is 38.4 Å². The lowest BCUT2D eigenvalue weighted by Crippen LogP contribution is -2.16. The molecular weight excluding hydrogens is 230 g/mol. The highest BCUT2D eigenvalue weighted by atomic mass is 16.4. The third-order valence-corrected chi connectivity index (χ3v) is 2.96. The molecule has 0 aliphatic carbocycles. The number of carbonyl (C=O) groups is 1. The standard InChI is InChI=1S/C14H23NO3/c1-2-3-4-5-6-7-9-15-11-12-8-10-18-13(12)14(16)17/h8,10,15H,2-7,9,11H2,1H3,(H,16,17). The lowest BCUT2D eigenvalue weighted by Gasteiger charge is -2.04. The van der Waals surface area contributed by atoms with Gasteiger partial charge >= 0.3 is 5.97 Å². The number of carboxylic acids is 1. The second kappa shape index (κ2) is 8.75. The lowest BCUT2D eigenvalue weighted by atomic mass is 10.1. The SMILES string of the molecule is CCCCCCCCNCc1ccoc1C(=O)O. The van der Waals surface area contributed by atoms with Crippen molar-refractivity contribution >= 4 is 5.97 Å². The molecule has 0 spiro atoms. The van der Waals surface area contributed by atoms with Gasteiger partial charge in [0.25, 0.3) is 0 Å². The zero-order valence-electron chi connectivity index (χ0n) is 11.1. The largest absolute Gasteiger partial charge is 0.475 e. The molecule has 0 fully saturated rings. The lowest BCUT2D eigenvalue weighted by molar-refractivity contribution is 0.0660. The Morgan fingerprint density at radius 1 is 1.28 bits per heavy atom. The minimum absolute atomic E-state index is 0.0467. The molecule has 102 valence electrons. The van der Waals surface area contributed by atoms with Crippen LogP contribution in [-0.2, 0) is 6.54 Å². The molecule has 18 heavy (non-hydrogen) atoms. The molecule has 0 aliphatic rings. The summed E-state index contributed by atoms with van der Waals surface area (Å²) in [6.07, 6.45) is 9.02. The highest BCUT2D eigenvalue weighted by Gasteiger charge is 2.12. The molecule has 0 aromatic carbocycles. The van der Waals surface area contributed by atoms with Gasteiger partial charge in [-0.2, -0.15) is 0 Å². The third-order valence-electron chi connectivity index (χ3n) is 2.96. The van der Waals surface area contributed by atoms with Crippen LogP contribution in [0.25, 0.3) is 0 Å². The van der Waals surface area contributed by atoms with E-state index >= 15 is 0 Å². The molecular formula is C14H23NO3. The van der Waals surface area contributed by atoms with Crippen molar-refractivity contribution in [2.45, 2.75) is 52.0 Å². The fourth-order valence-corrected chi connectivity index (χ4v) is 1.92. The number of nitrogens with one attached hydrogen (secondary N) is 1. The number of hydrogen-bond donors (Lipinski definition) is 2. The molecule has 1 aromatic rings. The van der Waals surface area contributed by atoms with E-state index in [0.29, 0.717) is 12.1 Å². The average molecular weight is 253 g/mol. The Bertz CT molecular complexity index is 347. The van der Waals surface area contributed by atoms with E-state index in [0.717, 1.165) is 13.0 Å². The van der Waals surface area contributed by atoms with E-state index in [2.05, 4.69) is 12.2 Å². The second-order valence-corrected chi connectivity index (χ2v) is 4.52. The van der Waals surface area contributed by atoms with E-state index in [4.69, 9.17) is 9.52 Å². The Balaban J connectivity index is 2.07. The summed E-state index contributed by atoms with van der Waals surface area (Å²) in [6.45, 7) is 3.70. The first kappa shape index (κ1) is 14.8. The maximum atomic E-state index is 10.8. The van der Waals surface area contributed by atoms with Crippen LogP contribution in [0.1, 0.15) is 61.6 Å². The number of unbranched alkanes of at least 4 members (excludes halogenated alkanes) is 5. The van der Waals surface area contributed by atoms with Gasteiger partial charge in [-0.3, -0.25) is 0 Å². The van der Waals surface area contributed by atoms with Gasteiger partial charge in [-0.05, 0) is 19.0 Å². The molecule has 0 saturated heterocycles. The smallest absolute Gasteiger partial charge is 0.372 e. The summed E-state index contributed by atoms with van der Waals surface area (Å²) in [7, 11) is 0. The predicted molar refractivity (Wildman–Crippen MR) is 70.8 cm³/mol. The van der Waals surface area contributed by atoms with E-state index in [-0.39, 0.29) is 5.76 Å². The molecule has 1 rings (SSSR count). The van der Waals surface area contributed by atoms with E-state index in [1.54, 1.807) is 6.07 Å². The number of aromatic carboxylic acids is 1. The molecule has 0 atom stereocenters. The third kappa shape index (κ3) is 5.36. The van der Waals surface area contributed by atoms with Crippen LogP contribution < -0.4 is 5.32 Å². The van der Waals surface area contributed by atoms with Gasteiger partial charge in [0.05, 0.1) is 6.26 Å². The van der Waals surface area contributed by atoms with E-state index < -0.39 is 5.97 Å². The van der Waals surface area contributed by atoms with Crippen LogP contribution in [0.2, 0.25) is 0 Å².